The third-order valence-electron chi connectivity index (χ3n) is 3.90. The molecule has 0 unspecified atom stereocenters. The van der Waals surface area contributed by atoms with E-state index in [9.17, 15) is 14.4 Å². The molecule has 2 rings (SSSR count). The van der Waals surface area contributed by atoms with Crippen molar-refractivity contribution in [2.45, 2.75) is 19.9 Å². The molecule has 1 heterocycles. The average molecular weight is 341 g/mol. The summed E-state index contributed by atoms with van der Waals surface area (Å²) in [6.07, 6.45) is 5.14. The zero-order chi connectivity index (χ0) is 18.4. The van der Waals surface area contributed by atoms with Gasteiger partial charge in [0.1, 0.15) is 0 Å². The maximum Gasteiger partial charge on any atom is 0.330 e. The molecule has 0 fully saturated rings. The lowest BCUT2D eigenvalue weighted by atomic mass is 10.2. The number of benzene rings is 1. The molecule has 132 valence electrons. The predicted molar refractivity (Wildman–Crippen MR) is 98.1 cm³/mol. The van der Waals surface area contributed by atoms with Crippen LogP contribution in [0.5, 0.6) is 0 Å². The zero-order valence-corrected chi connectivity index (χ0v) is 14.8. The lowest BCUT2D eigenvalue weighted by molar-refractivity contribution is -0.126. The molecular formula is C19H23N3O3. The molecule has 0 atom stereocenters. The topological polar surface area (TPSA) is 64.3 Å². The van der Waals surface area contributed by atoms with Gasteiger partial charge in [0.15, 0.2) is 0 Å². The quantitative estimate of drug-likeness (QED) is 0.749. The van der Waals surface area contributed by atoms with Gasteiger partial charge in [0, 0.05) is 39.5 Å². The van der Waals surface area contributed by atoms with Crippen LogP contribution < -0.4 is 11.2 Å². The first-order valence-corrected chi connectivity index (χ1v) is 8.21. The fourth-order valence-corrected chi connectivity index (χ4v) is 2.56. The highest BCUT2D eigenvalue weighted by Crippen LogP contribution is 2.07. The maximum absolute atomic E-state index is 12.5. The smallest absolute Gasteiger partial charge is 0.330 e. The number of hydrogen-bond acceptors (Lipinski definition) is 3. The van der Waals surface area contributed by atoms with Crippen LogP contribution in [0.25, 0.3) is 6.08 Å². The van der Waals surface area contributed by atoms with Crippen LogP contribution in [0.15, 0.2) is 52.2 Å². The highest BCUT2D eigenvalue weighted by Gasteiger charge is 2.11. The summed E-state index contributed by atoms with van der Waals surface area (Å²) in [4.78, 5) is 38.1. The minimum Gasteiger partial charge on any atom is -0.335 e. The van der Waals surface area contributed by atoms with E-state index in [1.54, 1.807) is 11.9 Å². The van der Waals surface area contributed by atoms with Crippen LogP contribution in [0, 0.1) is 0 Å². The van der Waals surface area contributed by atoms with Crippen LogP contribution in [0.3, 0.4) is 0 Å². The summed E-state index contributed by atoms with van der Waals surface area (Å²) >= 11 is 0. The van der Waals surface area contributed by atoms with Gasteiger partial charge in [0.25, 0.3) is 5.56 Å². The first kappa shape index (κ1) is 18.4. The Morgan fingerprint density at radius 2 is 1.84 bits per heavy atom. The van der Waals surface area contributed by atoms with Crippen molar-refractivity contribution in [1.29, 1.82) is 0 Å². The minimum atomic E-state index is -0.419. The number of rotatable bonds is 6. The van der Waals surface area contributed by atoms with Gasteiger partial charge in [0.05, 0.1) is 5.56 Å². The molecule has 2 aromatic rings. The fourth-order valence-electron chi connectivity index (χ4n) is 2.56. The molecular weight excluding hydrogens is 318 g/mol. The van der Waals surface area contributed by atoms with E-state index in [2.05, 4.69) is 0 Å². The predicted octanol–water partition coefficient (Wildman–Crippen LogP) is 1.54. The molecule has 6 nitrogen and oxygen atoms in total. The second-order valence-electron chi connectivity index (χ2n) is 5.92. The number of carbonyl (C=O) groups excluding carboxylic acids is 1. The second kappa shape index (κ2) is 8.28. The Morgan fingerprint density at radius 1 is 1.16 bits per heavy atom. The molecule has 1 amide bonds. The Kier molecular flexibility index (Phi) is 6.11. The van der Waals surface area contributed by atoms with Crippen LogP contribution in [0.1, 0.15) is 24.5 Å². The van der Waals surface area contributed by atoms with E-state index in [-0.39, 0.29) is 5.91 Å². The molecule has 0 N–H and O–H groups in total. The highest BCUT2D eigenvalue weighted by molar-refractivity contribution is 5.91. The molecule has 0 radical (unpaired) electrons. The SMILES string of the molecule is CCCN(Cc1ccccc1)C(=O)/C=C/c1cn(C)c(=O)n(C)c1=O. The summed E-state index contributed by atoms with van der Waals surface area (Å²) in [5.74, 6) is -0.165. The van der Waals surface area contributed by atoms with Gasteiger partial charge in [-0.05, 0) is 18.1 Å². The van der Waals surface area contributed by atoms with Crippen molar-refractivity contribution in [3.8, 4) is 0 Å². The number of amides is 1. The lowest BCUT2D eigenvalue weighted by Gasteiger charge is -2.20. The molecule has 0 spiro atoms. The number of hydrogen-bond donors (Lipinski definition) is 0. The standard InChI is InChI=1S/C19H23N3O3/c1-4-12-22(13-15-8-6-5-7-9-15)17(23)11-10-16-14-20(2)19(25)21(3)18(16)24/h5-11,14H,4,12-13H2,1-3H3/b11-10+. The van der Waals surface area contributed by atoms with Crippen LogP contribution in [-0.4, -0.2) is 26.5 Å². The average Bonchev–Trinajstić information content (AvgIpc) is 2.62. The Hall–Kier alpha value is -2.89. The van der Waals surface area contributed by atoms with Crippen molar-refractivity contribution in [2.24, 2.45) is 14.1 Å². The number of aryl methyl sites for hydroxylation is 1. The van der Waals surface area contributed by atoms with Crippen LogP contribution in [0.4, 0.5) is 0 Å². The van der Waals surface area contributed by atoms with Gasteiger partial charge in [-0.15, -0.1) is 0 Å². The molecule has 0 bridgehead atoms. The Balaban J connectivity index is 2.22. The van der Waals surface area contributed by atoms with Gasteiger partial charge in [-0.25, -0.2) is 4.79 Å². The van der Waals surface area contributed by atoms with Gasteiger partial charge in [0.2, 0.25) is 5.91 Å². The molecule has 6 heteroatoms. The van der Waals surface area contributed by atoms with Crippen LogP contribution in [0.2, 0.25) is 0 Å². The first-order chi connectivity index (χ1) is 11.9. The third-order valence-corrected chi connectivity index (χ3v) is 3.90. The molecule has 0 aliphatic carbocycles. The van der Waals surface area contributed by atoms with Crippen molar-refractivity contribution >= 4 is 12.0 Å². The van der Waals surface area contributed by atoms with E-state index in [0.717, 1.165) is 16.6 Å². The van der Waals surface area contributed by atoms with E-state index in [4.69, 9.17) is 0 Å². The number of carbonyl (C=O) groups is 1. The Morgan fingerprint density at radius 3 is 2.48 bits per heavy atom. The van der Waals surface area contributed by atoms with Crippen molar-refractivity contribution in [2.75, 3.05) is 6.54 Å². The maximum atomic E-state index is 12.5. The summed E-state index contributed by atoms with van der Waals surface area (Å²) in [5.41, 5.74) is 0.534. The van der Waals surface area contributed by atoms with Crippen LogP contribution >= 0.6 is 0 Å². The van der Waals surface area contributed by atoms with Gasteiger partial charge < -0.3 is 9.47 Å². The normalized spacial score (nSPS) is 11.0. The van der Waals surface area contributed by atoms with E-state index < -0.39 is 11.2 Å². The summed E-state index contributed by atoms with van der Waals surface area (Å²) in [6, 6.07) is 9.76. The van der Waals surface area contributed by atoms with Gasteiger partial charge in [-0.1, -0.05) is 37.3 Å². The van der Waals surface area contributed by atoms with E-state index >= 15 is 0 Å². The molecule has 0 aliphatic heterocycles. The molecule has 0 saturated carbocycles. The minimum absolute atomic E-state index is 0.165. The van der Waals surface area contributed by atoms with Crippen molar-refractivity contribution in [1.82, 2.24) is 14.0 Å². The van der Waals surface area contributed by atoms with E-state index in [1.165, 1.54) is 30.0 Å². The fraction of sp³-hybridized carbons (Fsp3) is 0.316. The lowest BCUT2D eigenvalue weighted by Crippen LogP contribution is -2.37. The molecule has 1 aromatic heterocycles. The molecule has 1 aromatic carbocycles. The highest BCUT2D eigenvalue weighted by atomic mass is 16.2. The van der Waals surface area contributed by atoms with Gasteiger partial charge in [-0.3, -0.25) is 14.2 Å². The van der Waals surface area contributed by atoms with Crippen molar-refractivity contribution in [3.05, 3.63) is 74.6 Å². The first-order valence-electron chi connectivity index (χ1n) is 8.21. The molecule has 25 heavy (non-hydrogen) atoms. The van der Waals surface area contributed by atoms with E-state index in [0.29, 0.717) is 18.7 Å². The van der Waals surface area contributed by atoms with Gasteiger partial charge in [-0.2, -0.15) is 0 Å². The second-order valence-corrected chi connectivity index (χ2v) is 5.92. The molecule has 0 saturated heterocycles. The van der Waals surface area contributed by atoms with Crippen molar-refractivity contribution < 1.29 is 4.79 Å². The summed E-state index contributed by atoms with van der Waals surface area (Å²) in [7, 11) is 2.99. The van der Waals surface area contributed by atoms with Gasteiger partial charge >= 0.3 is 5.69 Å². The zero-order valence-electron chi connectivity index (χ0n) is 14.8. The monoisotopic (exact) mass is 341 g/mol. The summed E-state index contributed by atoms with van der Waals surface area (Å²) < 4.78 is 2.34. The summed E-state index contributed by atoms with van der Waals surface area (Å²) in [6.45, 7) is 3.16. The Bertz CT molecular complexity index is 879. The van der Waals surface area contributed by atoms with E-state index in [1.807, 2.05) is 37.3 Å². The third kappa shape index (κ3) is 4.56. The number of nitrogens with zero attached hydrogens (tertiary/aromatic N) is 3. The largest absolute Gasteiger partial charge is 0.335 e. The number of aromatic nitrogens is 2. The summed E-state index contributed by atoms with van der Waals surface area (Å²) in [5, 5.41) is 0. The molecule has 0 aliphatic rings. The van der Waals surface area contributed by atoms with Crippen molar-refractivity contribution in [3.63, 3.8) is 0 Å². The Labute approximate surface area is 146 Å². The van der Waals surface area contributed by atoms with Crippen LogP contribution in [-0.2, 0) is 25.4 Å².